The van der Waals surface area contributed by atoms with Crippen LogP contribution in [0, 0.1) is 5.92 Å². The number of carbonyl (C=O) groups excluding carboxylic acids is 1. The molecule has 0 spiro atoms. The number of hydrogen-bond donors (Lipinski definition) is 2. The van der Waals surface area contributed by atoms with Crippen molar-refractivity contribution in [3.63, 3.8) is 0 Å². The smallest absolute Gasteiger partial charge is 0.234 e. The molecule has 2 atom stereocenters. The van der Waals surface area contributed by atoms with Crippen molar-refractivity contribution in [1.82, 2.24) is 15.1 Å². The van der Waals surface area contributed by atoms with Crippen LogP contribution < -0.4 is 5.32 Å². The van der Waals surface area contributed by atoms with Crippen LogP contribution >= 0.6 is 0 Å². The third-order valence-electron chi connectivity index (χ3n) is 5.49. The van der Waals surface area contributed by atoms with Gasteiger partial charge in [-0.25, -0.2) is 0 Å². The SMILES string of the molecule is CCN(CC(=O)NC1CN(Cc2ccccc2)CCC1CO)C1CC1. The first-order valence-corrected chi connectivity index (χ1v) is 9.60. The number of amides is 1. The van der Waals surface area contributed by atoms with Gasteiger partial charge in [0.05, 0.1) is 6.54 Å². The predicted octanol–water partition coefficient (Wildman–Crippen LogP) is 1.47. The maximum atomic E-state index is 12.5. The minimum Gasteiger partial charge on any atom is -0.396 e. The maximum absolute atomic E-state index is 12.5. The Hall–Kier alpha value is -1.43. The van der Waals surface area contributed by atoms with E-state index in [0.29, 0.717) is 12.6 Å². The van der Waals surface area contributed by atoms with E-state index in [-0.39, 0.29) is 24.5 Å². The van der Waals surface area contributed by atoms with E-state index in [4.69, 9.17) is 0 Å². The predicted molar refractivity (Wildman–Crippen MR) is 99.1 cm³/mol. The average molecular weight is 345 g/mol. The van der Waals surface area contributed by atoms with Gasteiger partial charge >= 0.3 is 0 Å². The first-order chi connectivity index (χ1) is 12.2. The molecule has 138 valence electrons. The number of hydrogen-bond acceptors (Lipinski definition) is 4. The lowest BCUT2D eigenvalue weighted by Gasteiger charge is -2.38. The van der Waals surface area contributed by atoms with E-state index in [1.807, 2.05) is 6.07 Å². The fraction of sp³-hybridized carbons (Fsp3) is 0.650. The molecular formula is C20H31N3O2. The van der Waals surface area contributed by atoms with E-state index in [0.717, 1.165) is 32.6 Å². The van der Waals surface area contributed by atoms with E-state index in [1.165, 1.54) is 18.4 Å². The van der Waals surface area contributed by atoms with E-state index in [2.05, 4.69) is 46.3 Å². The molecular weight excluding hydrogens is 314 g/mol. The van der Waals surface area contributed by atoms with Crippen molar-refractivity contribution in [3.05, 3.63) is 35.9 Å². The first-order valence-electron chi connectivity index (χ1n) is 9.60. The van der Waals surface area contributed by atoms with Crippen LogP contribution in [0.2, 0.25) is 0 Å². The lowest BCUT2D eigenvalue weighted by Crippen LogP contribution is -2.55. The summed E-state index contributed by atoms with van der Waals surface area (Å²) in [6, 6.07) is 11.1. The second kappa shape index (κ2) is 8.79. The van der Waals surface area contributed by atoms with E-state index in [9.17, 15) is 9.90 Å². The van der Waals surface area contributed by atoms with Crippen LogP contribution in [0.3, 0.4) is 0 Å². The van der Waals surface area contributed by atoms with Crippen molar-refractivity contribution < 1.29 is 9.90 Å². The molecule has 2 N–H and O–H groups in total. The standard InChI is InChI=1S/C20H31N3O2/c1-2-23(18-8-9-18)14-20(25)21-19-13-22(11-10-17(19)15-24)12-16-6-4-3-5-7-16/h3-7,17-19,24H,2,8-15H2,1H3,(H,21,25). The molecule has 1 aromatic rings. The van der Waals surface area contributed by atoms with Crippen LogP contribution in [0.15, 0.2) is 30.3 Å². The number of aliphatic hydroxyl groups is 1. The van der Waals surface area contributed by atoms with Crippen LogP contribution in [0.1, 0.15) is 31.7 Å². The molecule has 2 unspecified atom stereocenters. The highest BCUT2D eigenvalue weighted by Gasteiger charge is 2.32. The highest BCUT2D eigenvalue weighted by Crippen LogP contribution is 2.26. The molecule has 2 aliphatic rings. The summed E-state index contributed by atoms with van der Waals surface area (Å²) in [5, 5.41) is 12.9. The van der Waals surface area contributed by atoms with Gasteiger partial charge in [-0.2, -0.15) is 0 Å². The third kappa shape index (κ3) is 5.27. The van der Waals surface area contributed by atoms with Gasteiger partial charge in [0.1, 0.15) is 0 Å². The molecule has 1 saturated carbocycles. The highest BCUT2D eigenvalue weighted by atomic mass is 16.3. The number of likely N-dealkylation sites (tertiary alicyclic amines) is 1. The van der Waals surface area contributed by atoms with Crippen LogP contribution in [-0.4, -0.2) is 65.7 Å². The van der Waals surface area contributed by atoms with E-state index < -0.39 is 0 Å². The van der Waals surface area contributed by atoms with Gasteiger partial charge in [0, 0.05) is 37.7 Å². The van der Waals surface area contributed by atoms with Crippen molar-refractivity contribution in [3.8, 4) is 0 Å². The fourth-order valence-electron chi connectivity index (χ4n) is 3.81. The van der Waals surface area contributed by atoms with Crippen molar-refractivity contribution in [2.75, 3.05) is 32.8 Å². The fourth-order valence-corrected chi connectivity index (χ4v) is 3.81. The van der Waals surface area contributed by atoms with Gasteiger partial charge in [-0.15, -0.1) is 0 Å². The summed E-state index contributed by atoms with van der Waals surface area (Å²) in [6.45, 7) is 6.33. The lowest BCUT2D eigenvalue weighted by atomic mass is 9.92. The summed E-state index contributed by atoms with van der Waals surface area (Å²) >= 11 is 0. The molecule has 1 aliphatic carbocycles. The Morgan fingerprint density at radius 3 is 2.68 bits per heavy atom. The van der Waals surface area contributed by atoms with Crippen molar-refractivity contribution in [2.24, 2.45) is 5.92 Å². The van der Waals surface area contributed by atoms with E-state index >= 15 is 0 Å². The minimum absolute atomic E-state index is 0.0351. The molecule has 5 heteroatoms. The van der Waals surface area contributed by atoms with Crippen LogP contribution in [0.25, 0.3) is 0 Å². The summed E-state index contributed by atoms with van der Waals surface area (Å²) in [5.74, 6) is 0.255. The molecule has 3 rings (SSSR count). The number of nitrogens with zero attached hydrogens (tertiary/aromatic N) is 2. The number of benzene rings is 1. The largest absolute Gasteiger partial charge is 0.396 e. The summed E-state index contributed by atoms with van der Waals surface area (Å²) < 4.78 is 0. The van der Waals surface area contributed by atoms with Gasteiger partial charge in [0.25, 0.3) is 0 Å². The number of likely N-dealkylation sites (N-methyl/N-ethyl adjacent to an activating group) is 1. The number of nitrogens with one attached hydrogen (secondary N) is 1. The normalized spacial score (nSPS) is 24.4. The Morgan fingerprint density at radius 2 is 2.04 bits per heavy atom. The zero-order valence-electron chi connectivity index (χ0n) is 15.2. The number of piperidine rings is 1. The van der Waals surface area contributed by atoms with Crippen molar-refractivity contribution >= 4 is 5.91 Å². The van der Waals surface area contributed by atoms with Gasteiger partial charge < -0.3 is 10.4 Å². The third-order valence-corrected chi connectivity index (χ3v) is 5.49. The summed E-state index contributed by atoms with van der Waals surface area (Å²) in [6.07, 6.45) is 3.36. The van der Waals surface area contributed by atoms with Gasteiger partial charge in [0.2, 0.25) is 5.91 Å². The topological polar surface area (TPSA) is 55.8 Å². The summed E-state index contributed by atoms with van der Waals surface area (Å²) in [5.41, 5.74) is 1.29. The van der Waals surface area contributed by atoms with Gasteiger partial charge in [-0.3, -0.25) is 14.6 Å². The Balaban J connectivity index is 1.54. The van der Waals surface area contributed by atoms with Gasteiger partial charge in [-0.1, -0.05) is 37.3 Å². The molecule has 5 nitrogen and oxygen atoms in total. The number of carbonyl (C=O) groups is 1. The quantitative estimate of drug-likeness (QED) is 0.749. The second-order valence-corrected chi connectivity index (χ2v) is 7.42. The first kappa shape index (κ1) is 18.4. The molecule has 1 saturated heterocycles. The highest BCUT2D eigenvalue weighted by molar-refractivity contribution is 5.78. The van der Waals surface area contributed by atoms with Crippen molar-refractivity contribution in [2.45, 2.75) is 44.8 Å². The molecule has 0 radical (unpaired) electrons. The molecule has 1 aromatic carbocycles. The average Bonchev–Trinajstić information content (AvgIpc) is 3.46. The second-order valence-electron chi connectivity index (χ2n) is 7.42. The molecule has 1 amide bonds. The Bertz CT molecular complexity index is 547. The molecule has 1 heterocycles. The minimum atomic E-state index is 0.0351. The van der Waals surface area contributed by atoms with E-state index in [1.54, 1.807) is 0 Å². The van der Waals surface area contributed by atoms with Crippen LogP contribution in [-0.2, 0) is 11.3 Å². The Labute approximate surface area is 151 Å². The maximum Gasteiger partial charge on any atom is 0.234 e. The van der Waals surface area contributed by atoms with Crippen molar-refractivity contribution in [1.29, 1.82) is 0 Å². The van der Waals surface area contributed by atoms with Crippen LogP contribution in [0.5, 0.6) is 0 Å². The summed E-state index contributed by atoms with van der Waals surface area (Å²) in [4.78, 5) is 17.1. The molecule has 1 aliphatic heterocycles. The molecule has 0 bridgehead atoms. The molecule has 0 aromatic heterocycles. The van der Waals surface area contributed by atoms with Gasteiger partial charge in [0.15, 0.2) is 0 Å². The molecule has 25 heavy (non-hydrogen) atoms. The Morgan fingerprint density at radius 1 is 1.28 bits per heavy atom. The zero-order valence-corrected chi connectivity index (χ0v) is 15.2. The molecule has 2 fully saturated rings. The number of rotatable bonds is 8. The summed E-state index contributed by atoms with van der Waals surface area (Å²) in [7, 11) is 0. The Kier molecular flexibility index (Phi) is 6.45. The lowest BCUT2D eigenvalue weighted by molar-refractivity contribution is -0.124. The monoisotopic (exact) mass is 345 g/mol. The zero-order chi connectivity index (χ0) is 17.6. The van der Waals surface area contributed by atoms with Gasteiger partial charge in [-0.05, 0) is 37.9 Å². The van der Waals surface area contributed by atoms with Crippen LogP contribution in [0.4, 0.5) is 0 Å². The number of aliphatic hydroxyl groups excluding tert-OH is 1.